The van der Waals surface area contributed by atoms with Crippen LogP contribution in [0.4, 0.5) is 10.2 Å². The lowest BCUT2D eigenvalue weighted by Crippen LogP contribution is -2.33. The maximum Gasteiger partial charge on any atom is 0.339 e. The predicted octanol–water partition coefficient (Wildman–Crippen LogP) is 2.32. The van der Waals surface area contributed by atoms with Gasteiger partial charge in [0.05, 0.1) is 17.1 Å². The number of nitrogens with one attached hydrogen (secondary N) is 1. The molecule has 0 bridgehead atoms. The zero-order chi connectivity index (χ0) is 13.9. The first kappa shape index (κ1) is 14.6. The van der Waals surface area contributed by atoms with Crippen LogP contribution in [0.5, 0.6) is 0 Å². The monoisotopic (exact) mass is 318 g/mol. The summed E-state index contributed by atoms with van der Waals surface area (Å²) in [5, 5.41) is 2.31. The van der Waals surface area contributed by atoms with Crippen LogP contribution in [0.3, 0.4) is 0 Å². The number of anilines is 1. The second-order valence-electron chi connectivity index (χ2n) is 3.97. The number of pyridine rings is 1. The molecule has 0 fully saturated rings. The molecule has 1 aromatic rings. The molecule has 98 valence electrons. The summed E-state index contributed by atoms with van der Waals surface area (Å²) < 4.78 is 18.2. The number of rotatable bonds is 3. The Kier molecular flexibility index (Phi) is 4.39. The van der Waals surface area contributed by atoms with Gasteiger partial charge in [-0.3, -0.25) is 4.79 Å². The predicted molar refractivity (Wildman–Crippen MR) is 67.1 cm³/mol. The number of alkyl halides is 1. The van der Waals surface area contributed by atoms with Gasteiger partial charge in [-0.1, -0.05) is 0 Å². The second kappa shape index (κ2) is 5.43. The number of nitrogens with zero attached hydrogens (tertiary/aromatic N) is 1. The topological polar surface area (TPSA) is 68.3 Å². The van der Waals surface area contributed by atoms with Crippen molar-refractivity contribution in [2.24, 2.45) is 0 Å². The first-order valence-electron chi connectivity index (χ1n) is 5.00. The summed E-state index contributed by atoms with van der Waals surface area (Å²) >= 11 is 3.13. The number of ether oxygens (including phenoxy) is 1. The van der Waals surface area contributed by atoms with Gasteiger partial charge < -0.3 is 10.1 Å². The van der Waals surface area contributed by atoms with Crippen LogP contribution in [0.1, 0.15) is 24.2 Å². The average molecular weight is 319 g/mol. The van der Waals surface area contributed by atoms with Gasteiger partial charge in [-0.2, -0.15) is 0 Å². The molecule has 0 spiro atoms. The molecule has 1 rings (SSSR count). The van der Waals surface area contributed by atoms with Crippen LogP contribution in [0, 0.1) is 0 Å². The number of carbonyl (C=O) groups is 2. The van der Waals surface area contributed by atoms with Gasteiger partial charge in [0.1, 0.15) is 5.82 Å². The standard InChI is InChI=1S/C11H12BrFN2O3/c1-11(2,13)10(17)15-8-7(12)4-6(5-14-8)9(16)18-3/h4-5H,1-3H3,(H,14,15,17). The van der Waals surface area contributed by atoms with Crippen LogP contribution in [0.25, 0.3) is 0 Å². The molecule has 0 aromatic carbocycles. The van der Waals surface area contributed by atoms with Crippen molar-refractivity contribution in [1.82, 2.24) is 4.98 Å². The van der Waals surface area contributed by atoms with Gasteiger partial charge in [-0.05, 0) is 35.8 Å². The average Bonchev–Trinajstić information content (AvgIpc) is 2.29. The summed E-state index contributed by atoms with van der Waals surface area (Å²) in [6.45, 7) is 2.28. The Balaban J connectivity index is 2.94. The quantitative estimate of drug-likeness (QED) is 0.868. The number of halogens is 2. The van der Waals surface area contributed by atoms with Gasteiger partial charge in [0.25, 0.3) is 5.91 Å². The molecule has 18 heavy (non-hydrogen) atoms. The van der Waals surface area contributed by atoms with E-state index in [0.717, 1.165) is 13.8 Å². The minimum Gasteiger partial charge on any atom is -0.465 e. The molecular weight excluding hydrogens is 307 g/mol. The Bertz CT molecular complexity index is 486. The van der Waals surface area contributed by atoms with Gasteiger partial charge in [-0.15, -0.1) is 0 Å². The van der Waals surface area contributed by atoms with Gasteiger partial charge in [-0.25, -0.2) is 14.2 Å². The minimum atomic E-state index is -2.01. The zero-order valence-corrected chi connectivity index (χ0v) is 11.7. The number of aromatic nitrogens is 1. The van der Waals surface area contributed by atoms with Crippen molar-refractivity contribution in [3.8, 4) is 0 Å². The largest absolute Gasteiger partial charge is 0.465 e. The van der Waals surface area contributed by atoms with Crippen molar-refractivity contribution < 1.29 is 18.7 Å². The molecule has 7 heteroatoms. The van der Waals surface area contributed by atoms with E-state index in [9.17, 15) is 14.0 Å². The second-order valence-corrected chi connectivity index (χ2v) is 4.83. The molecule has 0 saturated heterocycles. The lowest BCUT2D eigenvalue weighted by molar-refractivity contribution is -0.125. The minimum absolute atomic E-state index is 0.137. The molecule has 1 amide bonds. The summed E-state index contributed by atoms with van der Waals surface area (Å²) in [6, 6.07) is 1.43. The van der Waals surface area contributed by atoms with E-state index in [1.165, 1.54) is 19.4 Å². The lowest BCUT2D eigenvalue weighted by Gasteiger charge is -2.14. The molecule has 1 aromatic heterocycles. The molecule has 0 aliphatic carbocycles. The zero-order valence-electron chi connectivity index (χ0n) is 10.1. The number of carbonyl (C=O) groups excluding carboxylic acids is 2. The molecule has 0 radical (unpaired) electrons. The van der Waals surface area contributed by atoms with Crippen LogP contribution < -0.4 is 5.32 Å². The summed E-state index contributed by atoms with van der Waals surface area (Å²) in [5.41, 5.74) is -1.79. The summed E-state index contributed by atoms with van der Waals surface area (Å²) in [5.74, 6) is -1.23. The van der Waals surface area contributed by atoms with Crippen LogP contribution in [0.2, 0.25) is 0 Å². The molecule has 0 atom stereocenters. The first-order valence-corrected chi connectivity index (χ1v) is 5.79. The van der Waals surface area contributed by atoms with Gasteiger partial charge in [0.2, 0.25) is 0 Å². The van der Waals surface area contributed by atoms with E-state index in [4.69, 9.17) is 0 Å². The van der Waals surface area contributed by atoms with Crippen molar-refractivity contribution in [3.63, 3.8) is 0 Å². The number of methoxy groups -OCH3 is 1. The van der Waals surface area contributed by atoms with E-state index in [2.05, 4.69) is 31.0 Å². The van der Waals surface area contributed by atoms with Crippen molar-refractivity contribution in [3.05, 3.63) is 22.3 Å². The van der Waals surface area contributed by atoms with E-state index in [0.29, 0.717) is 4.47 Å². The SMILES string of the molecule is COC(=O)c1cnc(NC(=O)C(C)(C)F)c(Br)c1. The fourth-order valence-electron chi connectivity index (χ4n) is 1.02. The summed E-state index contributed by atoms with van der Waals surface area (Å²) in [4.78, 5) is 26.5. The smallest absolute Gasteiger partial charge is 0.339 e. The van der Waals surface area contributed by atoms with Crippen molar-refractivity contribution >= 4 is 33.6 Å². The lowest BCUT2D eigenvalue weighted by atomic mass is 10.1. The van der Waals surface area contributed by atoms with Crippen LogP contribution in [-0.4, -0.2) is 29.6 Å². The van der Waals surface area contributed by atoms with Gasteiger partial charge >= 0.3 is 5.97 Å². The van der Waals surface area contributed by atoms with Crippen molar-refractivity contribution in [1.29, 1.82) is 0 Å². The Hall–Kier alpha value is -1.50. The molecular formula is C11H12BrFN2O3. The van der Waals surface area contributed by atoms with E-state index in [-0.39, 0.29) is 11.4 Å². The van der Waals surface area contributed by atoms with Crippen LogP contribution in [0.15, 0.2) is 16.7 Å². The Labute approximate surface area is 112 Å². The summed E-state index contributed by atoms with van der Waals surface area (Å²) in [6.07, 6.45) is 1.23. The third-order valence-corrected chi connectivity index (χ3v) is 2.64. The Morgan fingerprint density at radius 3 is 2.56 bits per heavy atom. The molecule has 0 saturated carbocycles. The number of hydrogen-bond donors (Lipinski definition) is 1. The first-order chi connectivity index (χ1) is 8.25. The maximum atomic E-state index is 13.3. The molecule has 0 aliphatic heterocycles. The molecule has 0 unspecified atom stereocenters. The Morgan fingerprint density at radius 1 is 1.50 bits per heavy atom. The molecule has 1 N–H and O–H groups in total. The third-order valence-electron chi connectivity index (χ3n) is 2.03. The van der Waals surface area contributed by atoms with E-state index in [1.807, 2.05) is 0 Å². The Morgan fingerprint density at radius 2 is 2.11 bits per heavy atom. The van der Waals surface area contributed by atoms with Crippen molar-refractivity contribution in [2.45, 2.75) is 19.5 Å². The van der Waals surface area contributed by atoms with E-state index in [1.54, 1.807) is 0 Å². The van der Waals surface area contributed by atoms with Gasteiger partial charge in [0, 0.05) is 6.20 Å². The van der Waals surface area contributed by atoms with E-state index < -0.39 is 17.5 Å². The molecule has 1 heterocycles. The maximum absolute atomic E-state index is 13.3. The van der Waals surface area contributed by atoms with E-state index >= 15 is 0 Å². The van der Waals surface area contributed by atoms with Crippen molar-refractivity contribution in [2.75, 3.05) is 12.4 Å². The fourth-order valence-corrected chi connectivity index (χ4v) is 1.46. The highest BCUT2D eigenvalue weighted by molar-refractivity contribution is 9.10. The van der Waals surface area contributed by atoms with Crippen LogP contribution >= 0.6 is 15.9 Å². The molecule has 0 aliphatic rings. The highest BCUT2D eigenvalue weighted by Gasteiger charge is 2.27. The fraction of sp³-hybridized carbons (Fsp3) is 0.364. The summed E-state index contributed by atoms with van der Waals surface area (Å²) in [7, 11) is 1.25. The van der Waals surface area contributed by atoms with Gasteiger partial charge in [0.15, 0.2) is 5.67 Å². The number of esters is 1. The number of hydrogen-bond acceptors (Lipinski definition) is 4. The highest BCUT2D eigenvalue weighted by atomic mass is 79.9. The highest BCUT2D eigenvalue weighted by Crippen LogP contribution is 2.22. The van der Waals surface area contributed by atoms with Crippen LogP contribution in [-0.2, 0) is 9.53 Å². The molecule has 5 nitrogen and oxygen atoms in total. The number of amides is 1. The normalized spacial score (nSPS) is 10.9. The third kappa shape index (κ3) is 3.49.